The van der Waals surface area contributed by atoms with Crippen LogP contribution in [0.1, 0.15) is 39.2 Å². The number of carbonyl (C=O) groups is 1. The number of anilines is 1. The van der Waals surface area contributed by atoms with Crippen molar-refractivity contribution in [3.05, 3.63) is 54.9 Å². The molecule has 1 aliphatic rings. The van der Waals surface area contributed by atoms with E-state index >= 15 is 0 Å². The van der Waals surface area contributed by atoms with E-state index in [0.29, 0.717) is 10.6 Å². The minimum absolute atomic E-state index is 0.0836. The van der Waals surface area contributed by atoms with Crippen LogP contribution < -0.4 is 5.32 Å². The van der Waals surface area contributed by atoms with Gasteiger partial charge in [-0.15, -0.1) is 11.3 Å². The first-order chi connectivity index (χ1) is 11.5. The Labute approximate surface area is 146 Å². The highest BCUT2D eigenvalue weighted by Crippen LogP contribution is 2.38. The molecule has 0 aliphatic heterocycles. The van der Waals surface area contributed by atoms with Crippen molar-refractivity contribution in [1.82, 2.24) is 0 Å². The summed E-state index contributed by atoms with van der Waals surface area (Å²) in [6, 6.07) is 6.03. The maximum absolute atomic E-state index is 12.5. The van der Waals surface area contributed by atoms with Crippen molar-refractivity contribution in [3.63, 3.8) is 0 Å². The van der Waals surface area contributed by atoms with Crippen molar-refractivity contribution >= 4 is 39.5 Å². The Hall–Kier alpha value is -2.43. The third kappa shape index (κ3) is 2.98. The van der Waals surface area contributed by atoms with E-state index < -0.39 is 10.8 Å². The van der Waals surface area contributed by atoms with Gasteiger partial charge in [0.1, 0.15) is 16.6 Å². The summed E-state index contributed by atoms with van der Waals surface area (Å²) < 4.78 is 0. The van der Waals surface area contributed by atoms with E-state index in [2.05, 4.69) is 11.4 Å². The molecule has 1 heterocycles. The minimum atomic E-state index is -0.647. The predicted molar refractivity (Wildman–Crippen MR) is 91.7 cm³/mol. The minimum Gasteiger partial charge on any atom is -0.312 e. The van der Waals surface area contributed by atoms with Gasteiger partial charge in [-0.25, -0.2) is 0 Å². The van der Waals surface area contributed by atoms with Crippen LogP contribution in [0, 0.1) is 21.4 Å². The molecule has 3 rings (SSSR count). The number of fused-ring (bicyclic) bond motifs is 1. The number of thiophene rings is 1. The third-order valence-electron chi connectivity index (χ3n) is 3.91. The van der Waals surface area contributed by atoms with Crippen molar-refractivity contribution < 1.29 is 9.72 Å². The van der Waals surface area contributed by atoms with Crippen LogP contribution in [0.2, 0.25) is 5.02 Å². The lowest BCUT2D eigenvalue weighted by molar-refractivity contribution is -0.385. The molecule has 0 saturated heterocycles. The monoisotopic (exact) mass is 361 g/mol. The van der Waals surface area contributed by atoms with E-state index in [1.54, 1.807) is 0 Å². The maximum Gasteiger partial charge on any atom is 0.283 e. The average Bonchev–Trinajstić information content (AvgIpc) is 2.91. The molecular weight excluding hydrogens is 350 g/mol. The van der Waals surface area contributed by atoms with Crippen molar-refractivity contribution in [2.75, 3.05) is 5.32 Å². The number of halogens is 1. The van der Waals surface area contributed by atoms with Crippen molar-refractivity contribution in [3.8, 4) is 6.07 Å². The fraction of sp³-hybridized carbons (Fsp3) is 0.250. The number of nitro benzene ring substituents is 1. The quantitative estimate of drug-likeness (QED) is 0.650. The van der Waals surface area contributed by atoms with E-state index in [-0.39, 0.29) is 16.3 Å². The normalized spacial score (nSPS) is 13.0. The molecule has 0 bridgehead atoms. The number of nitrogens with one attached hydrogen (secondary N) is 1. The van der Waals surface area contributed by atoms with Crippen LogP contribution >= 0.6 is 22.9 Å². The summed E-state index contributed by atoms with van der Waals surface area (Å²) in [5.41, 5.74) is 1.02. The standard InChI is InChI=1S/C16H12ClN3O3S/c17-9-5-6-11(13(7-9)20(22)23)15(21)19-16-12(8-18)10-3-1-2-4-14(10)24-16/h5-7H,1-4H2,(H,19,21). The Morgan fingerprint density at radius 1 is 1.38 bits per heavy atom. The van der Waals surface area contributed by atoms with Crippen LogP contribution in [0.25, 0.3) is 0 Å². The number of amides is 1. The molecule has 1 aromatic heterocycles. The van der Waals surface area contributed by atoms with Gasteiger partial charge in [0, 0.05) is 16.0 Å². The van der Waals surface area contributed by atoms with E-state index in [9.17, 15) is 20.2 Å². The van der Waals surface area contributed by atoms with E-state index in [0.717, 1.165) is 42.2 Å². The van der Waals surface area contributed by atoms with Gasteiger partial charge in [0.25, 0.3) is 11.6 Å². The number of aryl methyl sites for hydroxylation is 1. The Balaban J connectivity index is 1.96. The zero-order valence-electron chi connectivity index (χ0n) is 12.5. The molecule has 0 radical (unpaired) electrons. The SMILES string of the molecule is N#Cc1c(NC(=O)c2ccc(Cl)cc2[N+](=O)[O-])sc2c1CCCC2. The van der Waals surface area contributed by atoms with E-state index in [1.807, 2.05) is 0 Å². The first kappa shape index (κ1) is 16.4. The second kappa shape index (κ2) is 6.59. The summed E-state index contributed by atoms with van der Waals surface area (Å²) in [4.78, 5) is 24.1. The molecule has 122 valence electrons. The van der Waals surface area contributed by atoms with Crippen LogP contribution in [0.3, 0.4) is 0 Å². The fourth-order valence-electron chi connectivity index (χ4n) is 2.79. The number of hydrogen-bond donors (Lipinski definition) is 1. The summed E-state index contributed by atoms with van der Waals surface area (Å²) in [5, 5.41) is 23.8. The first-order valence-electron chi connectivity index (χ1n) is 7.31. The predicted octanol–water partition coefficient (Wildman–Crippen LogP) is 4.31. The van der Waals surface area contributed by atoms with Crippen LogP contribution in [0.4, 0.5) is 10.7 Å². The second-order valence-electron chi connectivity index (χ2n) is 5.40. The maximum atomic E-state index is 12.5. The number of nitriles is 1. The molecule has 24 heavy (non-hydrogen) atoms. The van der Waals surface area contributed by atoms with E-state index in [4.69, 9.17) is 11.6 Å². The molecule has 6 nitrogen and oxygen atoms in total. The average molecular weight is 362 g/mol. The summed E-state index contributed by atoms with van der Waals surface area (Å²) in [6.45, 7) is 0. The summed E-state index contributed by atoms with van der Waals surface area (Å²) in [7, 11) is 0. The molecule has 0 unspecified atom stereocenters. The first-order valence-corrected chi connectivity index (χ1v) is 8.50. The lowest BCUT2D eigenvalue weighted by Crippen LogP contribution is -2.14. The van der Waals surface area contributed by atoms with Crippen LogP contribution in [0.5, 0.6) is 0 Å². The number of benzene rings is 1. The van der Waals surface area contributed by atoms with Gasteiger partial charge in [-0.2, -0.15) is 5.26 Å². The smallest absolute Gasteiger partial charge is 0.283 e. The molecule has 0 spiro atoms. The number of carbonyl (C=O) groups excluding carboxylic acids is 1. The summed E-state index contributed by atoms with van der Waals surface area (Å²) in [6.07, 6.45) is 3.81. The highest BCUT2D eigenvalue weighted by Gasteiger charge is 2.25. The number of nitro groups is 1. The molecular formula is C16H12ClN3O3S. The van der Waals surface area contributed by atoms with Gasteiger partial charge in [-0.05, 0) is 43.4 Å². The molecule has 2 aromatic rings. The van der Waals surface area contributed by atoms with Gasteiger partial charge < -0.3 is 5.32 Å². The molecule has 1 amide bonds. The largest absolute Gasteiger partial charge is 0.312 e. The van der Waals surface area contributed by atoms with Gasteiger partial charge in [-0.3, -0.25) is 14.9 Å². The molecule has 1 N–H and O–H groups in total. The number of nitrogens with zero attached hydrogens (tertiary/aromatic N) is 2. The zero-order valence-corrected chi connectivity index (χ0v) is 14.0. The Morgan fingerprint density at radius 3 is 2.83 bits per heavy atom. The van der Waals surface area contributed by atoms with Crippen molar-refractivity contribution in [2.45, 2.75) is 25.7 Å². The van der Waals surface area contributed by atoms with Crippen LogP contribution in [0.15, 0.2) is 18.2 Å². The van der Waals surface area contributed by atoms with Crippen molar-refractivity contribution in [1.29, 1.82) is 5.26 Å². The summed E-state index contributed by atoms with van der Waals surface area (Å²) in [5.74, 6) is -0.617. The third-order valence-corrected chi connectivity index (χ3v) is 5.35. The van der Waals surface area contributed by atoms with Gasteiger partial charge in [0.2, 0.25) is 0 Å². The molecule has 0 fully saturated rings. The Bertz CT molecular complexity index is 885. The molecule has 0 atom stereocenters. The summed E-state index contributed by atoms with van der Waals surface area (Å²) >= 11 is 7.14. The van der Waals surface area contributed by atoms with Crippen LogP contribution in [-0.4, -0.2) is 10.8 Å². The van der Waals surface area contributed by atoms with Gasteiger partial charge in [0.15, 0.2) is 0 Å². The molecule has 0 saturated carbocycles. The number of rotatable bonds is 3. The zero-order chi connectivity index (χ0) is 17.3. The lowest BCUT2D eigenvalue weighted by Gasteiger charge is -2.09. The fourth-order valence-corrected chi connectivity index (χ4v) is 4.19. The van der Waals surface area contributed by atoms with E-state index in [1.165, 1.54) is 23.5 Å². The second-order valence-corrected chi connectivity index (χ2v) is 6.94. The van der Waals surface area contributed by atoms with Gasteiger partial charge >= 0.3 is 0 Å². The molecule has 1 aromatic carbocycles. The Morgan fingerprint density at radius 2 is 2.12 bits per heavy atom. The molecule has 8 heteroatoms. The molecule has 1 aliphatic carbocycles. The van der Waals surface area contributed by atoms with Crippen molar-refractivity contribution in [2.24, 2.45) is 0 Å². The highest BCUT2D eigenvalue weighted by atomic mass is 35.5. The Kier molecular flexibility index (Phi) is 4.51. The van der Waals surface area contributed by atoms with Gasteiger partial charge in [0.05, 0.1) is 10.5 Å². The lowest BCUT2D eigenvalue weighted by atomic mass is 9.96. The van der Waals surface area contributed by atoms with Gasteiger partial charge in [-0.1, -0.05) is 11.6 Å². The number of hydrogen-bond acceptors (Lipinski definition) is 5. The highest BCUT2D eigenvalue weighted by molar-refractivity contribution is 7.16. The van der Waals surface area contributed by atoms with Crippen LogP contribution in [-0.2, 0) is 12.8 Å². The topological polar surface area (TPSA) is 96.0 Å².